The number of sulfonamides is 1. The second-order valence-electron chi connectivity index (χ2n) is 5.64. The Morgan fingerprint density at radius 1 is 1.21 bits per heavy atom. The van der Waals surface area contributed by atoms with Crippen LogP contribution in [0.2, 0.25) is 0 Å². The van der Waals surface area contributed by atoms with Crippen LogP contribution in [0.3, 0.4) is 0 Å². The van der Waals surface area contributed by atoms with Crippen molar-refractivity contribution < 1.29 is 18.3 Å². The van der Waals surface area contributed by atoms with Crippen molar-refractivity contribution in [1.82, 2.24) is 0 Å². The van der Waals surface area contributed by atoms with Gasteiger partial charge in [0.25, 0.3) is 0 Å². The van der Waals surface area contributed by atoms with Crippen LogP contribution >= 0.6 is 0 Å². The summed E-state index contributed by atoms with van der Waals surface area (Å²) in [7, 11) is -3.56. The van der Waals surface area contributed by atoms with Gasteiger partial charge in [0.15, 0.2) is 0 Å². The standard InChI is InChI=1S/C17H20N2O4S/c1-12-7-8-15(9-14(12)10-16(18)17(20)21)19-24(22,23)11-13-5-3-2-4-6-13/h2-9,16,19H,10-11,18H2,1H3,(H,20,21)/t16-/m0/s1. The molecule has 2 aromatic rings. The molecule has 0 spiro atoms. The zero-order valence-corrected chi connectivity index (χ0v) is 14.1. The fraction of sp³-hybridized carbons (Fsp3) is 0.235. The summed E-state index contributed by atoms with van der Waals surface area (Å²) >= 11 is 0. The first kappa shape index (κ1) is 18.0. The van der Waals surface area contributed by atoms with E-state index in [9.17, 15) is 13.2 Å². The van der Waals surface area contributed by atoms with Gasteiger partial charge < -0.3 is 10.8 Å². The molecule has 0 aliphatic heterocycles. The van der Waals surface area contributed by atoms with Gasteiger partial charge in [-0.2, -0.15) is 0 Å². The van der Waals surface area contributed by atoms with Crippen LogP contribution in [0.25, 0.3) is 0 Å². The van der Waals surface area contributed by atoms with Crippen molar-refractivity contribution in [2.75, 3.05) is 4.72 Å². The SMILES string of the molecule is Cc1ccc(NS(=O)(=O)Cc2ccccc2)cc1C[C@H](N)C(=O)O. The molecule has 2 aromatic carbocycles. The predicted octanol–water partition coefficient (Wildman–Crippen LogP) is 1.89. The van der Waals surface area contributed by atoms with Crippen molar-refractivity contribution in [2.45, 2.75) is 25.1 Å². The Bertz CT molecular complexity index is 820. The average Bonchev–Trinajstić information content (AvgIpc) is 2.50. The molecule has 6 nitrogen and oxygen atoms in total. The first-order chi connectivity index (χ1) is 11.3. The average molecular weight is 348 g/mol. The molecule has 0 aliphatic rings. The van der Waals surface area contributed by atoms with E-state index in [1.165, 1.54) is 0 Å². The van der Waals surface area contributed by atoms with Gasteiger partial charge in [-0.15, -0.1) is 0 Å². The number of nitrogens with one attached hydrogen (secondary N) is 1. The fourth-order valence-electron chi connectivity index (χ4n) is 2.29. The van der Waals surface area contributed by atoms with Crippen LogP contribution in [0, 0.1) is 6.92 Å². The molecular formula is C17H20N2O4S. The van der Waals surface area contributed by atoms with Crippen molar-refractivity contribution in [2.24, 2.45) is 5.73 Å². The zero-order chi connectivity index (χ0) is 17.7. The Morgan fingerprint density at radius 2 is 1.88 bits per heavy atom. The van der Waals surface area contributed by atoms with E-state index in [1.54, 1.807) is 42.5 Å². The van der Waals surface area contributed by atoms with Crippen molar-refractivity contribution in [3.8, 4) is 0 Å². The lowest BCUT2D eigenvalue weighted by molar-refractivity contribution is -0.138. The first-order valence-corrected chi connectivity index (χ1v) is 9.04. The topological polar surface area (TPSA) is 109 Å². The minimum Gasteiger partial charge on any atom is -0.480 e. The minimum atomic E-state index is -3.56. The van der Waals surface area contributed by atoms with Gasteiger partial charge in [-0.3, -0.25) is 9.52 Å². The third-order valence-corrected chi connectivity index (χ3v) is 4.84. The van der Waals surface area contributed by atoms with Crippen molar-refractivity contribution >= 4 is 21.7 Å². The van der Waals surface area contributed by atoms with Gasteiger partial charge in [-0.25, -0.2) is 8.42 Å². The molecule has 24 heavy (non-hydrogen) atoms. The molecule has 0 saturated carbocycles. The van der Waals surface area contributed by atoms with Crippen molar-refractivity contribution in [1.29, 1.82) is 0 Å². The third-order valence-electron chi connectivity index (χ3n) is 3.58. The molecule has 1 atom stereocenters. The van der Waals surface area contributed by atoms with Crippen LogP contribution in [0.4, 0.5) is 5.69 Å². The maximum atomic E-state index is 12.3. The quantitative estimate of drug-likeness (QED) is 0.708. The Hall–Kier alpha value is -2.38. The lowest BCUT2D eigenvalue weighted by atomic mass is 10.0. The first-order valence-electron chi connectivity index (χ1n) is 7.39. The van der Waals surface area contributed by atoms with E-state index in [0.29, 0.717) is 16.8 Å². The molecule has 0 bridgehead atoms. The second-order valence-corrected chi connectivity index (χ2v) is 7.36. The number of hydrogen-bond acceptors (Lipinski definition) is 4. The molecule has 4 N–H and O–H groups in total. The molecule has 0 aliphatic carbocycles. The summed E-state index contributed by atoms with van der Waals surface area (Å²) in [6.45, 7) is 1.83. The van der Waals surface area contributed by atoms with E-state index in [0.717, 1.165) is 5.56 Å². The highest BCUT2D eigenvalue weighted by molar-refractivity contribution is 7.91. The molecule has 2 rings (SSSR count). The van der Waals surface area contributed by atoms with Crippen molar-refractivity contribution in [3.63, 3.8) is 0 Å². The fourth-order valence-corrected chi connectivity index (χ4v) is 3.48. The minimum absolute atomic E-state index is 0.133. The smallest absolute Gasteiger partial charge is 0.320 e. The van der Waals surface area contributed by atoms with Gasteiger partial charge in [0.2, 0.25) is 10.0 Å². The summed E-state index contributed by atoms with van der Waals surface area (Å²) in [6, 6.07) is 12.8. The summed E-state index contributed by atoms with van der Waals surface area (Å²) in [5.41, 5.74) is 8.19. The molecule has 0 aromatic heterocycles. The highest BCUT2D eigenvalue weighted by Crippen LogP contribution is 2.19. The van der Waals surface area contributed by atoms with E-state index >= 15 is 0 Å². The zero-order valence-electron chi connectivity index (χ0n) is 13.3. The molecule has 0 radical (unpaired) electrons. The van der Waals surface area contributed by atoms with E-state index in [1.807, 2.05) is 13.0 Å². The third kappa shape index (κ3) is 5.07. The Balaban J connectivity index is 2.16. The molecular weight excluding hydrogens is 328 g/mol. The van der Waals surface area contributed by atoms with Gasteiger partial charge in [-0.1, -0.05) is 36.4 Å². The highest BCUT2D eigenvalue weighted by Gasteiger charge is 2.16. The number of rotatable bonds is 7. The number of aliphatic carboxylic acids is 1. The van der Waals surface area contributed by atoms with E-state index in [2.05, 4.69) is 4.72 Å². The van der Waals surface area contributed by atoms with Gasteiger partial charge in [0.05, 0.1) is 5.75 Å². The van der Waals surface area contributed by atoms with Gasteiger partial charge in [0.1, 0.15) is 6.04 Å². The van der Waals surface area contributed by atoms with Crippen LogP contribution in [0.1, 0.15) is 16.7 Å². The maximum Gasteiger partial charge on any atom is 0.320 e. The maximum absolute atomic E-state index is 12.3. The van der Waals surface area contributed by atoms with Crippen LogP contribution in [-0.4, -0.2) is 25.5 Å². The number of benzene rings is 2. The largest absolute Gasteiger partial charge is 0.480 e. The van der Waals surface area contributed by atoms with E-state index in [4.69, 9.17) is 10.8 Å². The summed E-state index contributed by atoms with van der Waals surface area (Å²) in [6.07, 6.45) is 0.134. The lowest BCUT2D eigenvalue weighted by Crippen LogP contribution is -2.32. The molecule has 128 valence electrons. The van der Waals surface area contributed by atoms with Crippen LogP contribution in [0.15, 0.2) is 48.5 Å². The number of hydrogen-bond donors (Lipinski definition) is 3. The van der Waals surface area contributed by atoms with Crippen LogP contribution in [-0.2, 0) is 27.0 Å². The van der Waals surface area contributed by atoms with Gasteiger partial charge in [0, 0.05) is 5.69 Å². The number of carboxylic acid groups (broad SMARTS) is 1. The summed E-state index contributed by atoms with van der Waals surface area (Å²) in [5.74, 6) is -1.23. The lowest BCUT2D eigenvalue weighted by Gasteiger charge is -2.13. The predicted molar refractivity (Wildman–Crippen MR) is 93.2 cm³/mol. The Labute approximate surface area is 141 Å². The molecule has 0 fully saturated rings. The van der Waals surface area contributed by atoms with E-state index in [-0.39, 0.29) is 12.2 Å². The molecule has 0 amide bonds. The van der Waals surface area contributed by atoms with Crippen LogP contribution < -0.4 is 10.5 Å². The monoisotopic (exact) mass is 348 g/mol. The molecule has 7 heteroatoms. The van der Waals surface area contributed by atoms with E-state index < -0.39 is 22.0 Å². The van der Waals surface area contributed by atoms with Gasteiger partial charge in [-0.05, 0) is 42.2 Å². The Morgan fingerprint density at radius 3 is 2.50 bits per heavy atom. The number of carboxylic acids is 1. The van der Waals surface area contributed by atoms with Crippen LogP contribution in [0.5, 0.6) is 0 Å². The molecule has 0 unspecified atom stereocenters. The van der Waals surface area contributed by atoms with Crippen molar-refractivity contribution in [3.05, 3.63) is 65.2 Å². The summed E-state index contributed by atoms with van der Waals surface area (Å²) in [4.78, 5) is 10.9. The number of anilines is 1. The molecule has 0 heterocycles. The molecule has 0 saturated heterocycles. The number of nitrogens with two attached hydrogens (primary N) is 1. The summed E-state index contributed by atoms with van der Waals surface area (Å²) < 4.78 is 27.1. The second kappa shape index (κ2) is 7.46. The summed E-state index contributed by atoms with van der Waals surface area (Å²) in [5, 5.41) is 8.92. The number of carbonyl (C=O) groups is 1. The normalized spacial score (nSPS) is 12.6. The Kier molecular flexibility index (Phi) is 5.58. The van der Waals surface area contributed by atoms with Gasteiger partial charge >= 0.3 is 5.97 Å². The highest BCUT2D eigenvalue weighted by atomic mass is 32.2. The number of aryl methyl sites for hydroxylation is 1.